The predicted molar refractivity (Wildman–Crippen MR) is 107 cm³/mol. The molecule has 2 aliphatic rings. The summed E-state index contributed by atoms with van der Waals surface area (Å²) < 4.78 is 3.63. The van der Waals surface area contributed by atoms with Crippen molar-refractivity contribution in [2.45, 2.75) is 7.25 Å². The minimum atomic E-state index is -0.766. The molecule has 0 amide bonds. The minimum Gasteiger partial charge on any atom is -1.00 e. The largest absolute Gasteiger partial charge is 1.00 e. The summed E-state index contributed by atoms with van der Waals surface area (Å²) in [5.74, 6) is 0. The molecule has 3 aromatic rings. The Labute approximate surface area is 200 Å². The van der Waals surface area contributed by atoms with Crippen LogP contribution in [0.15, 0.2) is 75.7 Å². The zero-order chi connectivity index (χ0) is 17.0. The zero-order valence-corrected chi connectivity index (χ0v) is 21.2. The first kappa shape index (κ1) is 21.5. The molecular formula is C22H14Br2Cl2Zr. The van der Waals surface area contributed by atoms with E-state index in [1.807, 2.05) is 0 Å². The fourth-order valence-corrected chi connectivity index (χ4v) is 9.25. The molecular weight excluding hydrogens is 586 g/mol. The molecule has 5 heteroatoms. The van der Waals surface area contributed by atoms with Crippen LogP contribution in [0.25, 0.3) is 17.2 Å². The Morgan fingerprint density at radius 2 is 1.30 bits per heavy atom. The molecule has 0 saturated carbocycles. The number of rotatable bonds is 2. The van der Waals surface area contributed by atoms with E-state index < -0.39 is 23.2 Å². The Bertz CT molecular complexity index is 981. The van der Waals surface area contributed by atoms with E-state index in [4.69, 9.17) is 0 Å². The summed E-state index contributed by atoms with van der Waals surface area (Å²) in [4.78, 5) is 0. The average Bonchev–Trinajstić information content (AvgIpc) is 3.15. The normalized spacial score (nSPS) is 15.9. The molecule has 3 aromatic carbocycles. The van der Waals surface area contributed by atoms with Gasteiger partial charge in [0.15, 0.2) is 0 Å². The van der Waals surface area contributed by atoms with E-state index in [-0.39, 0.29) is 24.8 Å². The smallest absolute Gasteiger partial charge is 1.00 e. The second kappa shape index (κ2) is 8.68. The van der Waals surface area contributed by atoms with Crippen molar-refractivity contribution in [3.63, 3.8) is 0 Å². The van der Waals surface area contributed by atoms with Crippen molar-refractivity contribution >= 4 is 37.9 Å². The number of allylic oxidation sites excluding steroid dienone is 1. The van der Waals surface area contributed by atoms with E-state index in [2.05, 4.69) is 105 Å². The van der Waals surface area contributed by atoms with E-state index in [0.29, 0.717) is 7.25 Å². The number of benzene rings is 3. The van der Waals surface area contributed by atoms with Gasteiger partial charge >= 0.3 is 177 Å². The summed E-state index contributed by atoms with van der Waals surface area (Å²) in [6.07, 6.45) is 4.77. The Kier molecular flexibility index (Phi) is 6.92. The molecule has 27 heavy (non-hydrogen) atoms. The molecule has 0 heterocycles. The van der Waals surface area contributed by atoms with Crippen LogP contribution in [0.5, 0.6) is 0 Å². The topological polar surface area (TPSA) is 0 Å². The maximum Gasteiger partial charge on any atom is -1.00 e. The quantitative estimate of drug-likeness (QED) is 0.415. The molecule has 134 valence electrons. The summed E-state index contributed by atoms with van der Waals surface area (Å²) >= 11 is 6.61. The van der Waals surface area contributed by atoms with Crippen LogP contribution in [0.1, 0.15) is 29.5 Å². The number of hydrogen-bond donors (Lipinski definition) is 0. The van der Waals surface area contributed by atoms with Gasteiger partial charge in [-0.25, -0.2) is 0 Å². The first-order valence-corrected chi connectivity index (χ1v) is 12.8. The molecule has 1 atom stereocenters. The van der Waals surface area contributed by atoms with Crippen molar-refractivity contribution in [2.24, 2.45) is 0 Å². The van der Waals surface area contributed by atoms with Crippen LogP contribution in [0.2, 0.25) is 0 Å². The van der Waals surface area contributed by atoms with Crippen LogP contribution >= 0.6 is 31.9 Å². The second-order valence-electron chi connectivity index (χ2n) is 6.53. The van der Waals surface area contributed by atoms with Crippen LogP contribution < -0.4 is 24.8 Å². The molecule has 0 bridgehead atoms. The van der Waals surface area contributed by atoms with Gasteiger partial charge in [-0.2, -0.15) is 0 Å². The molecule has 0 N–H and O–H groups in total. The fraction of sp³-hybridized carbons (Fsp3) is 0.0909. The SMILES string of the molecule is Brc1ccc2c(c1)[CH]([Zr+2][CH]1C=Cc3ccccc31)c1cc(Br)ccc1-2.[Cl-].[Cl-]. The van der Waals surface area contributed by atoms with Gasteiger partial charge in [0.1, 0.15) is 0 Å². The van der Waals surface area contributed by atoms with Crippen LogP contribution in [0, 0.1) is 0 Å². The molecule has 5 rings (SSSR count). The Balaban J connectivity index is 0.00000105. The molecule has 0 spiro atoms. The summed E-state index contributed by atoms with van der Waals surface area (Å²) in [6.45, 7) is 0. The van der Waals surface area contributed by atoms with Crippen molar-refractivity contribution in [1.82, 2.24) is 0 Å². The number of hydrogen-bond acceptors (Lipinski definition) is 0. The third-order valence-electron chi connectivity index (χ3n) is 5.08. The maximum absolute atomic E-state index is 3.69. The molecule has 0 nitrogen and oxygen atoms in total. The third-order valence-corrected chi connectivity index (χ3v) is 10.5. The van der Waals surface area contributed by atoms with Crippen LogP contribution in [-0.4, -0.2) is 0 Å². The van der Waals surface area contributed by atoms with E-state index in [1.54, 1.807) is 0 Å². The van der Waals surface area contributed by atoms with Crippen molar-refractivity contribution in [2.75, 3.05) is 0 Å². The van der Waals surface area contributed by atoms with Crippen LogP contribution in [-0.2, 0) is 23.2 Å². The summed E-state index contributed by atoms with van der Waals surface area (Å²) in [6, 6.07) is 22.5. The molecule has 0 fully saturated rings. The van der Waals surface area contributed by atoms with Gasteiger partial charge in [0.25, 0.3) is 0 Å². The molecule has 2 aliphatic carbocycles. The first-order chi connectivity index (χ1) is 12.2. The first-order valence-electron chi connectivity index (χ1n) is 8.33. The van der Waals surface area contributed by atoms with Crippen LogP contribution in [0.3, 0.4) is 0 Å². The molecule has 0 radical (unpaired) electrons. The van der Waals surface area contributed by atoms with Gasteiger partial charge in [-0.1, -0.05) is 0 Å². The van der Waals surface area contributed by atoms with Gasteiger partial charge in [0, 0.05) is 0 Å². The Hall–Kier alpha value is -0.177. The third kappa shape index (κ3) is 3.83. The van der Waals surface area contributed by atoms with Gasteiger partial charge < -0.3 is 24.8 Å². The van der Waals surface area contributed by atoms with Crippen molar-refractivity contribution in [3.8, 4) is 11.1 Å². The fourth-order valence-electron chi connectivity index (χ4n) is 3.96. The number of fused-ring (bicyclic) bond motifs is 4. The van der Waals surface area contributed by atoms with Gasteiger partial charge in [-0.05, 0) is 0 Å². The minimum absolute atomic E-state index is 0. The Morgan fingerprint density at radius 3 is 1.93 bits per heavy atom. The van der Waals surface area contributed by atoms with E-state index in [1.165, 1.54) is 42.3 Å². The number of halogens is 4. The molecule has 0 aromatic heterocycles. The van der Waals surface area contributed by atoms with Crippen molar-refractivity contribution in [3.05, 3.63) is 97.9 Å². The molecule has 0 aliphatic heterocycles. The summed E-state index contributed by atoms with van der Waals surface area (Å²) in [5.41, 5.74) is 8.84. The average molecular weight is 600 g/mol. The van der Waals surface area contributed by atoms with Gasteiger partial charge in [0.05, 0.1) is 0 Å². The Morgan fingerprint density at radius 1 is 0.704 bits per heavy atom. The van der Waals surface area contributed by atoms with E-state index >= 15 is 0 Å². The molecule has 0 saturated heterocycles. The molecule has 1 unspecified atom stereocenters. The van der Waals surface area contributed by atoms with Gasteiger partial charge in [-0.15, -0.1) is 0 Å². The summed E-state index contributed by atoms with van der Waals surface area (Å²) in [5, 5.41) is 0. The van der Waals surface area contributed by atoms with Crippen LogP contribution in [0.4, 0.5) is 0 Å². The van der Waals surface area contributed by atoms with Gasteiger partial charge in [0.2, 0.25) is 0 Å². The zero-order valence-electron chi connectivity index (χ0n) is 14.1. The second-order valence-corrected chi connectivity index (χ2v) is 12.1. The summed E-state index contributed by atoms with van der Waals surface area (Å²) in [7, 11) is 0. The maximum atomic E-state index is 3.69. The van der Waals surface area contributed by atoms with Crippen molar-refractivity contribution in [1.29, 1.82) is 0 Å². The predicted octanol–water partition coefficient (Wildman–Crippen LogP) is 1.14. The van der Waals surface area contributed by atoms with E-state index in [9.17, 15) is 0 Å². The monoisotopic (exact) mass is 596 g/mol. The van der Waals surface area contributed by atoms with Gasteiger partial charge in [-0.3, -0.25) is 0 Å². The van der Waals surface area contributed by atoms with E-state index in [0.717, 1.165) is 0 Å². The standard InChI is InChI=1S/C13H7Br2.C9H7.2ClH.Zr/c14-10-1-3-12-8(6-10)5-9-7-11(15)2-4-13(9)12;1-2-5-9-7-3-6-8(9)4-1;;;/h1-7H;1-7H;2*1H;/q;;;;+2/p-2. The van der Waals surface area contributed by atoms with Crippen molar-refractivity contribution < 1.29 is 48.0 Å².